The van der Waals surface area contributed by atoms with Gasteiger partial charge in [-0.25, -0.2) is 0 Å². The molecule has 2 unspecified atom stereocenters. The van der Waals surface area contributed by atoms with Gasteiger partial charge in [0.05, 0.1) is 6.61 Å². The van der Waals surface area contributed by atoms with Crippen LogP contribution < -0.4 is 5.73 Å². The summed E-state index contributed by atoms with van der Waals surface area (Å²) < 4.78 is 0. The Labute approximate surface area is 78.9 Å². The Morgan fingerprint density at radius 1 is 1.67 bits per heavy atom. The second kappa shape index (κ2) is 4.49. The van der Waals surface area contributed by atoms with E-state index < -0.39 is 0 Å². The Kier molecular flexibility index (Phi) is 3.87. The Hall–Kier alpha value is 0.270. The number of thioether (sulfide) groups is 1. The van der Waals surface area contributed by atoms with Gasteiger partial charge in [-0.2, -0.15) is 11.8 Å². The minimum absolute atomic E-state index is 0.159. The van der Waals surface area contributed by atoms with E-state index in [2.05, 4.69) is 6.26 Å². The molecule has 0 amide bonds. The van der Waals surface area contributed by atoms with E-state index in [0.29, 0.717) is 5.92 Å². The van der Waals surface area contributed by atoms with Crippen molar-refractivity contribution in [3.05, 3.63) is 0 Å². The van der Waals surface area contributed by atoms with Crippen molar-refractivity contribution in [2.45, 2.75) is 31.2 Å². The maximum atomic E-state index is 9.16. The summed E-state index contributed by atoms with van der Waals surface area (Å²) in [6.07, 6.45) is 6.68. The monoisotopic (exact) mass is 189 g/mol. The standard InChI is InChI=1S/C9H19NOS/c1-12-6-4-8-3-2-5-9(8,10)7-11/h8,11H,2-7,10H2,1H3. The van der Waals surface area contributed by atoms with Crippen molar-refractivity contribution in [2.75, 3.05) is 18.6 Å². The highest BCUT2D eigenvalue weighted by molar-refractivity contribution is 7.98. The summed E-state index contributed by atoms with van der Waals surface area (Å²) >= 11 is 1.86. The van der Waals surface area contributed by atoms with Crippen LogP contribution in [0.4, 0.5) is 0 Å². The zero-order valence-electron chi connectivity index (χ0n) is 7.75. The molecule has 2 atom stereocenters. The number of aliphatic hydroxyl groups excluding tert-OH is 1. The van der Waals surface area contributed by atoms with Gasteiger partial charge in [0, 0.05) is 5.54 Å². The van der Waals surface area contributed by atoms with E-state index in [1.54, 1.807) is 0 Å². The second-order valence-electron chi connectivity index (χ2n) is 3.76. The van der Waals surface area contributed by atoms with Crippen LogP contribution in [0.25, 0.3) is 0 Å². The van der Waals surface area contributed by atoms with Gasteiger partial charge < -0.3 is 10.8 Å². The largest absolute Gasteiger partial charge is 0.394 e. The fraction of sp³-hybridized carbons (Fsp3) is 1.00. The Morgan fingerprint density at radius 2 is 2.42 bits per heavy atom. The van der Waals surface area contributed by atoms with Crippen LogP contribution in [0.2, 0.25) is 0 Å². The zero-order valence-corrected chi connectivity index (χ0v) is 8.57. The van der Waals surface area contributed by atoms with E-state index in [1.165, 1.54) is 18.6 Å². The Bertz CT molecular complexity index is 142. The van der Waals surface area contributed by atoms with Gasteiger partial charge in [-0.05, 0) is 37.2 Å². The predicted octanol–water partition coefficient (Wildman–Crippen LogP) is 1.23. The topological polar surface area (TPSA) is 46.2 Å². The molecule has 0 aromatic rings. The lowest BCUT2D eigenvalue weighted by atomic mass is 9.87. The first kappa shape index (κ1) is 10.4. The summed E-state index contributed by atoms with van der Waals surface area (Å²) in [7, 11) is 0. The Morgan fingerprint density at radius 3 is 3.00 bits per heavy atom. The molecule has 0 aromatic heterocycles. The number of nitrogens with two attached hydrogens (primary N) is 1. The third-order valence-electron chi connectivity index (χ3n) is 2.97. The summed E-state index contributed by atoms with van der Waals surface area (Å²) in [6, 6.07) is 0. The van der Waals surface area contributed by atoms with Crippen molar-refractivity contribution < 1.29 is 5.11 Å². The summed E-state index contributed by atoms with van der Waals surface area (Å²) in [4.78, 5) is 0. The zero-order chi connectivity index (χ0) is 9.03. The average Bonchev–Trinajstić information content (AvgIpc) is 2.45. The quantitative estimate of drug-likeness (QED) is 0.699. The molecule has 72 valence electrons. The summed E-state index contributed by atoms with van der Waals surface area (Å²) in [5, 5.41) is 9.16. The van der Waals surface area contributed by atoms with Crippen LogP contribution in [0.1, 0.15) is 25.7 Å². The first-order chi connectivity index (χ1) is 5.73. The number of rotatable bonds is 4. The van der Waals surface area contributed by atoms with E-state index >= 15 is 0 Å². The van der Waals surface area contributed by atoms with Gasteiger partial charge in [0.25, 0.3) is 0 Å². The van der Waals surface area contributed by atoms with Gasteiger partial charge in [0.2, 0.25) is 0 Å². The minimum atomic E-state index is -0.254. The molecule has 3 N–H and O–H groups in total. The van der Waals surface area contributed by atoms with Gasteiger partial charge in [-0.15, -0.1) is 0 Å². The van der Waals surface area contributed by atoms with Crippen LogP contribution in [0.5, 0.6) is 0 Å². The van der Waals surface area contributed by atoms with Crippen molar-refractivity contribution in [1.82, 2.24) is 0 Å². The molecule has 0 bridgehead atoms. The van der Waals surface area contributed by atoms with Gasteiger partial charge in [0.15, 0.2) is 0 Å². The molecule has 0 heterocycles. The van der Waals surface area contributed by atoms with Crippen molar-refractivity contribution in [3.63, 3.8) is 0 Å². The van der Waals surface area contributed by atoms with Crippen molar-refractivity contribution in [3.8, 4) is 0 Å². The molecule has 1 rings (SSSR count). The van der Waals surface area contributed by atoms with Crippen LogP contribution in [0.3, 0.4) is 0 Å². The van der Waals surface area contributed by atoms with Gasteiger partial charge in [0.1, 0.15) is 0 Å². The minimum Gasteiger partial charge on any atom is -0.394 e. The molecule has 1 fully saturated rings. The summed E-state index contributed by atoms with van der Waals surface area (Å²) in [5.74, 6) is 1.72. The number of aliphatic hydroxyl groups is 1. The predicted molar refractivity (Wildman–Crippen MR) is 54.3 cm³/mol. The van der Waals surface area contributed by atoms with E-state index in [4.69, 9.17) is 10.8 Å². The Balaban J connectivity index is 2.40. The van der Waals surface area contributed by atoms with Crippen LogP contribution >= 0.6 is 11.8 Å². The second-order valence-corrected chi connectivity index (χ2v) is 4.75. The van der Waals surface area contributed by atoms with E-state index in [1.807, 2.05) is 11.8 Å². The molecule has 1 saturated carbocycles. The highest BCUT2D eigenvalue weighted by atomic mass is 32.2. The molecule has 1 aliphatic carbocycles. The fourth-order valence-electron chi connectivity index (χ4n) is 2.07. The van der Waals surface area contributed by atoms with Gasteiger partial charge >= 0.3 is 0 Å². The van der Waals surface area contributed by atoms with Crippen LogP contribution in [0, 0.1) is 5.92 Å². The molecule has 3 heteroatoms. The highest BCUT2D eigenvalue weighted by Crippen LogP contribution is 2.36. The molecular weight excluding hydrogens is 170 g/mol. The molecule has 2 nitrogen and oxygen atoms in total. The third kappa shape index (κ3) is 2.15. The highest BCUT2D eigenvalue weighted by Gasteiger charge is 2.38. The molecule has 1 aliphatic rings. The molecule has 0 radical (unpaired) electrons. The van der Waals surface area contributed by atoms with Crippen molar-refractivity contribution in [2.24, 2.45) is 11.7 Å². The van der Waals surface area contributed by atoms with Gasteiger partial charge in [-0.3, -0.25) is 0 Å². The normalized spacial score (nSPS) is 35.8. The van der Waals surface area contributed by atoms with Crippen LogP contribution in [0.15, 0.2) is 0 Å². The fourth-order valence-corrected chi connectivity index (χ4v) is 2.59. The lowest BCUT2D eigenvalue weighted by Crippen LogP contribution is -2.47. The lowest BCUT2D eigenvalue weighted by molar-refractivity contribution is 0.158. The first-order valence-electron chi connectivity index (χ1n) is 4.61. The summed E-state index contributed by atoms with van der Waals surface area (Å²) in [5.41, 5.74) is 5.83. The average molecular weight is 189 g/mol. The molecule has 0 aliphatic heterocycles. The molecule has 0 spiro atoms. The number of hydrogen-bond acceptors (Lipinski definition) is 3. The molecule has 0 aromatic carbocycles. The molecular formula is C9H19NOS. The van der Waals surface area contributed by atoms with E-state index in [9.17, 15) is 0 Å². The van der Waals surface area contributed by atoms with E-state index in [0.717, 1.165) is 12.8 Å². The van der Waals surface area contributed by atoms with Crippen LogP contribution in [-0.2, 0) is 0 Å². The maximum absolute atomic E-state index is 9.16. The molecule has 0 saturated heterocycles. The molecule has 12 heavy (non-hydrogen) atoms. The van der Waals surface area contributed by atoms with Crippen LogP contribution in [-0.4, -0.2) is 29.3 Å². The van der Waals surface area contributed by atoms with Gasteiger partial charge in [-0.1, -0.05) is 6.42 Å². The lowest BCUT2D eigenvalue weighted by Gasteiger charge is -2.29. The first-order valence-corrected chi connectivity index (χ1v) is 6.01. The van der Waals surface area contributed by atoms with E-state index in [-0.39, 0.29) is 12.1 Å². The maximum Gasteiger partial charge on any atom is 0.0613 e. The number of hydrogen-bond donors (Lipinski definition) is 2. The SMILES string of the molecule is CSCCC1CCCC1(N)CO. The smallest absolute Gasteiger partial charge is 0.0613 e. The summed E-state index contributed by atoms with van der Waals surface area (Å²) in [6.45, 7) is 0.159. The third-order valence-corrected chi connectivity index (χ3v) is 3.62. The van der Waals surface area contributed by atoms with Crippen molar-refractivity contribution in [1.29, 1.82) is 0 Å². The van der Waals surface area contributed by atoms with Crippen molar-refractivity contribution >= 4 is 11.8 Å².